The molecule has 0 spiro atoms. The van der Waals surface area contributed by atoms with Crippen LogP contribution in [-0.2, 0) is 16.0 Å². The Labute approximate surface area is 89.8 Å². The minimum Gasteiger partial charge on any atom is -0.382 e. The molecule has 1 fully saturated rings. The molecule has 2 heterocycles. The molecule has 1 aliphatic heterocycles. The normalized spacial score (nSPS) is 40.6. The molecule has 2 N–H and O–H groups in total. The van der Waals surface area contributed by atoms with Gasteiger partial charge in [0.05, 0.1) is 19.9 Å². The highest BCUT2D eigenvalue weighted by molar-refractivity contribution is 5.23. The second-order valence-corrected chi connectivity index (χ2v) is 3.33. The number of hydrogen-bond acceptors (Lipinski definition) is 4. The molecule has 0 bridgehead atoms. The minimum absolute atomic E-state index is 0.0613. The van der Waals surface area contributed by atoms with E-state index in [-0.39, 0.29) is 5.82 Å². The SMILES string of the molecule is [2H]C1([2H])OC(C)(C)O[C@]1([2H])C([2H])([2H])n1ccc(N)n1. The average Bonchev–Trinajstić information content (AvgIpc) is 2.67. The predicted molar refractivity (Wildman–Crippen MR) is 51.5 cm³/mol. The molecule has 78 valence electrons. The standard InChI is InChI=1S/C9H15N3O2/c1-9(2)13-6-7(14-9)5-12-4-3-8(10)11-12/h3-4,7H,5-6H2,1-2H3,(H2,10,11)/t7-/m1/s1/i5D2,6D2,7D. The molecule has 1 aliphatic rings. The van der Waals surface area contributed by atoms with Crippen LogP contribution in [0.2, 0.25) is 0 Å². The van der Waals surface area contributed by atoms with E-state index in [1.54, 1.807) is 0 Å². The molecule has 0 unspecified atom stereocenters. The van der Waals surface area contributed by atoms with Gasteiger partial charge in [-0.2, -0.15) is 5.10 Å². The van der Waals surface area contributed by atoms with Gasteiger partial charge in [0.1, 0.15) is 11.9 Å². The summed E-state index contributed by atoms with van der Waals surface area (Å²) in [6.07, 6.45) is -1.40. The van der Waals surface area contributed by atoms with Crippen LogP contribution in [0.5, 0.6) is 0 Å². The van der Waals surface area contributed by atoms with E-state index in [1.807, 2.05) is 0 Å². The summed E-state index contributed by atoms with van der Waals surface area (Å²) in [4.78, 5) is 0. The molecule has 5 heteroatoms. The van der Waals surface area contributed by atoms with Crippen LogP contribution in [0.1, 0.15) is 20.7 Å². The number of nitrogens with two attached hydrogens (primary N) is 1. The summed E-state index contributed by atoms with van der Waals surface area (Å²) in [6.45, 7) is -2.44. The van der Waals surface area contributed by atoms with Gasteiger partial charge in [-0.15, -0.1) is 0 Å². The number of rotatable bonds is 2. The third-order valence-corrected chi connectivity index (χ3v) is 1.56. The van der Waals surface area contributed by atoms with Crippen LogP contribution in [0, 0.1) is 0 Å². The molecule has 5 nitrogen and oxygen atoms in total. The van der Waals surface area contributed by atoms with Gasteiger partial charge >= 0.3 is 0 Å². The van der Waals surface area contributed by atoms with E-state index >= 15 is 0 Å². The number of nitrogens with zero attached hydrogens (tertiary/aromatic N) is 2. The third-order valence-electron chi connectivity index (χ3n) is 1.56. The maximum Gasteiger partial charge on any atom is 0.163 e. The Morgan fingerprint density at radius 1 is 2.00 bits per heavy atom. The number of anilines is 1. The molecule has 1 aromatic rings. The monoisotopic (exact) mass is 202 g/mol. The molecule has 0 saturated carbocycles. The zero-order valence-electron chi connectivity index (χ0n) is 12.9. The van der Waals surface area contributed by atoms with Crippen molar-refractivity contribution in [2.75, 3.05) is 12.3 Å². The fraction of sp³-hybridized carbons (Fsp3) is 0.667. The summed E-state index contributed by atoms with van der Waals surface area (Å²) in [5.74, 6) is -1.36. The van der Waals surface area contributed by atoms with E-state index in [0.717, 1.165) is 4.68 Å². The molecule has 0 aromatic carbocycles. The minimum atomic E-state index is -2.65. The number of hydrogen-bond donors (Lipinski definition) is 1. The quantitative estimate of drug-likeness (QED) is 0.763. The van der Waals surface area contributed by atoms with Gasteiger partial charge in [0.25, 0.3) is 0 Å². The Hall–Kier alpha value is -1.07. The maximum atomic E-state index is 8.09. The second kappa shape index (κ2) is 3.25. The lowest BCUT2D eigenvalue weighted by molar-refractivity contribution is -0.139. The van der Waals surface area contributed by atoms with Crippen molar-refractivity contribution >= 4 is 5.82 Å². The number of ether oxygens (including phenoxy) is 2. The van der Waals surface area contributed by atoms with Gasteiger partial charge in [0, 0.05) is 6.20 Å². The van der Waals surface area contributed by atoms with Gasteiger partial charge in [-0.05, 0) is 19.9 Å². The van der Waals surface area contributed by atoms with Crippen molar-refractivity contribution in [3.8, 4) is 0 Å². The summed E-state index contributed by atoms with van der Waals surface area (Å²) in [5, 5.41) is 3.68. The first kappa shape index (κ1) is 5.14. The summed E-state index contributed by atoms with van der Waals surface area (Å²) >= 11 is 0. The van der Waals surface area contributed by atoms with E-state index in [4.69, 9.17) is 22.1 Å². The van der Waals surface area contributed by atoms with Crippen molar-refractivity contribution in [2.24, 2.45) is 0 Å². The lowest BCUT2D eigenvalue weighted by Gasteiger charge is -2.16. The van der Waals surface area contributed by atoms with Crippen molar-refractivity contribution < 1.29 is 16.3 Å². The molecule has 1 aromatic heterocycles. The molecule has 2 rings (SSSR count). The lowest BCUT2D eigenvalue weighted by Crippen LogP contribution is -2.24. The molecular weight excluding hydrogens is 182 g/mol. The van der Waals surface area contributed by atoms with Gasteiger partial charge in [0.2, 0.25) is 0 Å². The van der Waals surface area contributed by atoms with E-state index < -0.39 is 24.9 Å². The van der Waals surface area contributed by atoms with Crippen LogP contribution < -0.4 is 5.73 Å². The van der Waals surface area contributed by atoms with Crippen molar-refractivity contribution in [1.82, 2.24) is 9.78 Å². The van der Waals surface area contributed by atoms with Crippen LogP contribution in [0.4, 0.5) is 5.82 Å². The van der Waals surface area contributed by atoms with Gasteiger partial charge in [-0.25, -0.2) is 0 Å². The molecular formula is C9H15N3O2. The molecule has 0 aliphatic carbocycles. The Kier molecular flexibility index (Phi) is 1.19. The van der Waals surface area contributed by atoms with Crippen LogP contribution >= 0.6 is 0 Å². The Morgan fingerprint density at radius 3 is 3.29 bits per heavy atom. The van der Waals surface area contributed by atoms with Crippen LogP contribution in [0.25, 0.3) is 0 Å². The molecule has 14 heavy (non-hydrogen) atoms. The van der Waals surface area contributed by atoms with Gasteiger partial charge in [0.15, 0.2) is 5.79 Å². The smallest absolute Gasteiger partial charge is 0.163 e. The van der Waals surface area contributed by atoms with Crippen molar-refractivity contribution in [3.05, 3.63) is 12.3 Å². The third kappa shape index (κ3) is 2.05. The molecule has 0 amide bonds. The highest BCUT2D eigenvalue weighted by atomic mass is 16.7. The van der Waals surface area contributed by atoms with Gasteiger partial charge < -0.3 is 15.2 Å². The number of aromatic nitrogens is 2. The summed E-state index contributed by atoms with van der Waals surface area (Å²) in [5.41, 5.74) is 5.41. The topological polar surface area (TPSA) is 62.3 Å². The lowest BCUT2D eigenvalue weighted by atomic mass is 10.4. The van der Waals surface area contributed by atoms with E-state index in [9.17, 15) is 0 Å². The summed E-state index contributed by atoms with van der Waals surface area (Å²) in [6, 6.07) is 1.34. The fourth-order valence-corrected chi connectivity index (χ4v) is 1.01. The van der Waals surface area contributed by atoms with Crippen molar-refractivity contribution in [3.63, 3.8) is 0 Å². The first-order chi connectivity index (χ1) is 8.41. The zero-order chi connectivity index (χ0) is 14.7. The molecule has 0 radical (unpaired) electrons. The molecule has 1 atom stereocenters. The predicted octanol–water partition coefficient (Wildman–Crippen LogP) is 0.617. The van der Waals surface area contributed by atoms with Gasteiger partial charge in [-0.1, -0.05) is 0 Å². The highest BCUT2D eigenvalue weighted by Gasteiger charge is 2.32. The highest BCUT2D eigenvalue weighted by Crippen LogP contribution is 2.22. The number of nitrogen functional groups attached to an aromatic ring is 1. The second-order valence-electron chi connectivity index (χ2n) is 3.33. The zero-order valence-corrected chi connectivity index (χ0v) is 7.94. The van der Waals surface area contributed by atoms with Gasteiger partial charge in [-0.3, -0.25) is 4.68 Å². The van der Waals surface area contributed by atoms with Crippen molar-refractivity contribution in [1.29, 1.82) is 0 Å². The Morgan fingerprint density at radius 2 is 2.79 bits per heavy atom. The summed E-state index contributed by atoms with van der Waals surface area (Å²) in [7, 11) is 0. The average molecular weight is 202 g/mol. The van der Waals surface area contributed by atoms with Crippen molar-refractivity contribution in [2.45, 2.75) is 32.2 Å². The largest absolute Gasteiger partial charge is 0.382 e. The first-order valence-corrected chi connectivity index (χ1v) is 4.13. The van der Waals surface area contributed by atoms with E-state index in [0.29, 0.717) is 0 Å². The fourth-order valence-electron chi connectivity index (χ4n) is 1.01. The van der Waals surface area contributed by atoms with E-state index in [2.05, 4.69) is 5.10 Å². The van der Waals surface area contributed by atoms with Crippen LogP contribution in [0.3, 0.4) is 0 Å². The first-order valence-electron chi connectivity index (χ1n) is 6.63. The van der Waals surface area contributed by atoms with E-state index in [1.165, 1.54) is 26.1 Å². The van der Waals surface area contributed by atoms with Crippen LogP contribution in [-0.4, -0.2) is 28.2 Å². The van der Waals surface area contributed by atoms with Crippen LogP contribution in [0.15, 0.2) is 12.3 Å². The summed E-state index contributed by atoms with van der Waals surface area (Å²) < 4.78 is 50.4. The molecule has 1 saturated heterocycles. The maximum absolute atomic E-state index is 8.09. The Bertz CT molecular complexity index is 504. The Balaban J connectivity index is 2.49.